The molecule has 1 saturated carbocycles. The Morgan fingerprint density at radius 2 is 1.75 bits per heavy atom. The van der Waals surface area contributed by atoms with Gasteiger partial charge in [-0.3, -0.25) is 4.79 Å². The van der Waals surface area contributed by atoms with Crippen molar-refractivity contribution in [2.45, 2.75) is 44.6 Å². The number of amides is 1. The zero-order chi connectivity index (χ0) is 36.2. The molecule has 14 heteroatoms. The van der Waals surface area contributed by atoms with E-state index >= 15 is 0 Å². The van der Waals surface area contributed by atoms with Crippen LogP contribution in [-0.2, 0) is 26.3 Å². The fourth-order valence-corrected chi connectivity index (χ4v) is 7.55. The molecule has 0 saturated heterocycles. The lowest BCUT2D eigenvalue weighted by atomic mass is 9.81. The van der Waals surface area contributed by atoms with Gasteiger partial charge in [0.15, 0.2) is 0 Å². The summed E-state index contributed by atoms with van der Waals surface area (Å²) in [7, 11) is 6.68. The number of methoxy groups -OCH3 is 1. The Labute approximate surface area is 301 Å². The number of quaternary nitrogens is 1. The van der Waals surface area contributed by atoms with Gasteiger partial charge in [-0.1, -0.05) is 31.4 Å². The van der Waals surface area contributed by atoms with E-state index < -0.39 is 16.1 Å². The Bertz CT molecular complexity index is 1870. The Morgan fingerprint density at radius 3 is 2.39 bits per heavy atom. The van der Waals surface area contributed by atoms with Crippen molar-refractivity contribution in [2.24, 2.45) is 4.40 Å². The molecular formula is C37H53N5O8S. The van der Waals surface area contributed by atoms with Crippen LogP contribution in [0.15, 0.2) is 46.4 Å². The molecule has 3 heterocycles. The monoisotopic (exact) mass is 727 g/mol. The van der Waals surface area contributed by atoms with Gasteiger partial charge in [0.1, 0.15) is 12.3 Å². The normalized spacial score (nSPS) is 18.9. The summed E-state index contributed by atoms with van der Waals surface area (Å²) in [5.74, 6) is 0.0525. The fourth-order valence-electron chi connectivity index (χ4n) is 6.79. The topological polar surface area (TPSA) is 168 Å². The van der Waals surface area contributed by atoms with Crippen molar-refractivity contribution in [2.75, 3.05) is 81.8 Å². The summed E-state index contributed by atoms with van der Waals surface area (Å²) in [4.78, 5) is 15.5. The molecule has 2 aromatic carbocycles. The first kappa shape index (κ1) is 40.0. The van der Waals surface area contributed by atoms with E-state index in [-0.39, 0.29) is 49.9 Å². The molecule has 1 fully saturated rings. The number of carbonyl (C=O) groups is 1. The van der Waals surface area contributed by atoms with E-state index in [2.05, 4.69) is 30.1 Å². The van der Waals surface area contributed by atoms with Gasteiger partial charge in [-0.05, 0) is 65.8 Å². The minimum Gasteiger partial charge on any atom is -0.858 e. The average molecular weight is 728 g/mol. The fraction of sp³-hybridized carbons (Fsp3) is 0.514. The number of carbonyl (C=O) groups excluding carboxylic acids is 1. The number of aliphatic hydroxyl groups excluding tert-OH is 1. The van der Waals surface area contributed by atoms with E-state index in [4.69, 9.17) is 14.6 Å². The van der Waals surface area contributed by atoms with E-state index in [9.17, 15) is 18.3 Å². The summed E-state index contributed by atoms with van der Waals surface area (Å²) in [6.07, 6.45) is 7.54. The lowest BCUT2D eigenvalue weighted by molar-refractivity contribution is -0.870. The van der Waals surface area contributed by atoms with E-state index in [0.717, 1.165) is 68.7 Å². The lowest BCUT2D eigenvalue weighted by Gasteiger charge is -2.24. The number of aliphatic hydroxyl groups is 1. The predicted molar refractivity (Wildman–Crippen MR) is 198 cm³/mol. The van der Waals surface area contributed by atoms with Crippen molar-refractivity contribution in [1.29, 1.82) is 0 Å². The second-order valence-corrected chi connectivity index (χ2v) is 16.0. The lowest BCUT2D eigenvalue weighted by Crippen LogP contribution is -2.36. The maximum absolute atomic E-state index is 13.9. The van der Waals surface area contributed by atoms with E-state index in [1.54, 1.807) is 31.2 Å². The second kappa shape index (κ2) is 16.7. The highest BCUT2D eigenvalue weighted by Gasteiger charge is 2.31. The van der Waals surface area contributed by atoms with Crippen molar-refractivity contribution in [3.05, 3.63) is 58.7 Å². The minimum absolute atomic E-state index is 0. The zero-order valence-electron chi connectivity index (χ0n) is 30.6. The van der Waals surface area contributed by atoms with Gasteiger partial charge in [-0.2, -0.15) is 17.1 Å². The molecule has 51 heavy (non-hydrogen) atoms. The molecule has 0 atom stereocenters. The molecule has 1 amide bonds. The highest BCUT2D eigenvalue weighted by atomic mass is 32.2. The van der Waals surface area contributed by atoms with Crippen LogP contribution >= 0.6 is 0 Å². The predicted octanol–water partition coefficient (Wildman–Crippen LogP) is 2.39. The van der Waals surface area contributed by atoms with E-state index in [1.807, 2.05) is 30.3 Å². The van der Waals surface area contributed by atoms with Gasteiger partial charge >= 0.3 is 10.2 Å². The van der Waals surface area contributed by atoms with Crippen molar-refractivity contribution in [1.82, 2.24) is 13.8 Å². The molecule has 3 aromatic rings. The van der Waals surface area contributed by atoms with Crippen molar-refractivity contribution in [3.8, 4) is 17.0 Å². The van der Waals surface area contributed by atoms with E-state index in [1.165, 1.54) is 19.0 Å². The molecule has 1 aliphatic carbocycles. The first-order valence-corrected chi connectivity index (χ1v) is 18.7. The van der Waals surface area contributed by atoms with Crippen LogP contribution in [0.4, 0.5) is 0 Å². The molecule has 280 valence electrons. The highest BCUT2D eigenvalue weighted by Crippen LogP contribution is 2.47. The quantitative estimate of drug-likeness (QED) is 0.403. The molecule has 0 unspecified atom stereocenters. The zero-order valence-corrected chi connectivity index (χ0v) is 31.5. The Morgan fingerprint density at radius 1 is 1.04 bits per heavy atom. The molecule has 3 aliphatic rings. The maximum atomic E-state index is 13.9. The van der Waals surface area contributed by atoms with Crippen molar-refractivity contribution < 1.29 is 42.9 Å². The highest BCUT2D eigenvalue weighted by molar-refractivity contribution is 7.87. The van der Waals surface area contributed by atoms with Gasteiger partial charge in [0.2, 0.25) is 0 Å². The van der Waals surface area contributed by atoms with Crippen LogP contribution in [0, 0.1) is 0 Å². The minimum atomic E-state index is -4.21. The van der Waals surface area contributed by atoms with Gasteiger partial charge in [-0.15, -0.1) is 0 Å². The summed E-state index contributed by atoms with van der Waals surface area (Å²) in [5.41, 5.74) is 5.66. The first-order chi connectivity index (χ1) is 23.7. The molecule has 0 spiro atoms. The van der Waals surface area contributed by atoms with Gasteiger partial charge in [0, 0.05) is 55.1 Å². The first-order valence-electron chi connectivity index (χ1n) is 17.3. The number of hydrogen-bond donors (Lipinski definition) is 1. The number of nitrogens with zero attached hydrogens (tertiary/aromatic N) is 5. The largest absolute Gasteiger partial charge is 0.858 e. The van der Waals surface area contributed by atoms with E-state index in [0.29, 0.717) is 23.8 Å². The number of aromatic nitrogens is 1. The SMILES string of the molecule is COc1ccc2c(c1)C=C1Cn3c-2c(C2CCCCC2)c2ccc(cc23)C([O-])=NS(=O)(=O)N(C)CCOCCN(C)C1=O.C[N+](C)(C)CCO.O. The molecular weight excluding hydrogens is 675 g/mol. The Hall–Kier alpha value is -3.79. The van der Waals surface area contributed by atoms with Crippen molar-refractivity contribution >= 4 is 39.0 Å². The molecule has 0 radical (unpaired) electrons. The Balaban J connectivity index is 0.000000663. The third kappa shape index (κ3) is 9.18. The average Bonchev–Trinajstić information content (AvgIpc) is 3.29. The smallest absolute Gasteiger partial charge is 0.321 e. The van der Waals surface area contributed by atoms with Crippen LogP contribution in [0.2, 0.25) is 0 Å². The van der Waals surface area contributed by atoms with Crippen LogP contribution in [-0.4, -0.2) is 131 Å². The van der Waals surface area contributed by atoms with Gasteiger partial charge in [0.25, 0.3) is 5.91 Å². The molecule has 3 N–H and O–H groups in total. The van der Waals surface area contributed by atoms with Gasteiger partial charge in [0.05, 0.1) is 60.3 Å². The van der Waals surface area contributed by atoms with Gasteiger partial charge < -0.3 is 39.1 Å². The third-order valence-corrected chi connectivity index (χ3v) is 11.0. The van der Waals surface area contributed by atoms with Crippen LogP contribution in [0.5, 0.6) is 5.75 Å². The summed E-state index contributed by atoms with van der Waals surface area (Å²) in [6, 6.07) is 11.3. The number of fused-ring (bicyclic) bond motifs is 4. The number of likely N-dealkylation sites (N-methyl/N-ethyl adjacent to an activating group) is 3. The summed E-state index contributed by atoms with van der Waals surface area (Å²) < 4.78 is 44.6. The number of rotatable bonds is 4. The van der Waals surface area contributed by atoms with Crippen molar-refractivity contribution in [3.63, 3.8) is 0 Å². The second-order valence-electron chi connectivity index (χ2n) is 14.3. The summed E-state index contributed by atoms with van der Waals surface area (Å²) in [6.45, 7) is 2.09. The standard InChI is InChI=1S/C32H38N4O6S.C5H14NO.H2O/c1-34-13-15-42-16-14-35(2)43(39,40)33-31(37)22-9-11-27-28(19-22)36-20-24(32(34)38)17-23-18-25(41-3)10-12-26(23)30(36)29(27)21-7-5-4-6-8-21;1-6(2,3)4-5-7;/h9-12,17-19,21H,4-8,13-16,20H2,1-3H3,(H,33,37);7H,4-5H2,1-3H3;1H2/q;+1;/p-1. The van der Waals surface area contributed by atoms with Gasteiger partial charge in [-0.25, -0.2) is 0 Å². The number of hydrogen-bond acceptors (Lipinski definition) is 7. The third-order valence-electron chi connectivity index (χ3n) is 9.64. The van der Waals surface area contributed by atoms with Crippen LogP contribution in [0.3, 0.4) is 0 Å². The molecule has 4 bridgehead atoms. The molecule has 1 aromatic heterocycles. The molecule has 2 aliphatic heterocycles. The van der Waals surface area contributed by atoms with Crippen LogP contribution < -0.4 is 9.84 Å². The Kier molecular flexibility index (Phi) is 13.1. The van der Waals surface area contributed by atoms with Crippen LogP contribution in [0.25, 0.3) is 28.2 Å². The van der Waals surface area contributed by atoms with Crippen LogP contribution in [0.1, 0.15) is 54.7 Å². The molecule has 13 nitrogen and oxygen atoms in total. The summed E-state index contributed by atoms with van der Waals surface area (Å²) in [5, 5.41) is 22.7. The molecule has 6 rings (SSSR count). The maximum Gasteiger partial charge on any atom is 0.321 e. The number of benzene rings is 2. The number of ether oxygens (including phenoxy) is 2. The summed E-state index contributed by atoms with van der Waals surface area (Å²) >= 11 is 0.